The van der Waals surface area contributed by atoms with Gasteiger partial charge >= 0.3 is 5.97 Å². The van der Waals surface area contributed by atoms with Crippen molar-refractivity contribution >= 4 is 5.97 Å². The quantitative estimate of drug-likeness (QED) is 0.709. The first-order valence-electron chi connectivity index (χ1n) is 7.45. The van der Waals surface area contributed by atoms with Crippen LogP contribution in [0.25, 0.3) is 0 Å². The Balaban J connectivity index is 2.93. The third-order valence-electron chi connectivity index (χ3n) is 2.91. The largest absolute Gasteiger partial charge is 0.490 e. The molecule has 0 spiro atoms. The van der Waals surface area contributed by atoms with E-state index in [1.54, 1.807) is 13.0 Å². The molecule has 1 unspecified atom stereocenters. The van der Waals surface area contributed by atoms with Crippen LogP contribution in [0.2, 0.25) is 0 Å². The topological polar surface area (TPSA) is 70.8 Å². The smallest absolute Gasteiger partial charge is 0.347 e. The highest BCUT2D eigenvalue weighted by atomic mass is 16.6. The van der Waals surface area contributed by atoms with Gasteiger partial charge in [0, 0.05) is 6.54 Å². The maximum absolute atomic E-state index is 11.9. The second-order valence-electron chi connectivity index (χ2n) is 4.57. The van der Waals surface area contributed by atoms with Crippen LogP contribution in [0.4, 0.5) is 0 Å². The van der Waals surface area contributed by atoms with E-state index in [-0.39, 0.29) is 5.97 Å². The van der Waals surface area contributed by atoms with Crippen molar-refractivity contribution in [1.29, 1.82) is 0 Å². The number of nitrogens with two attached hydrogens (primary N) is 1. The number of hydrogen-bond acceptors (Lipinski definition) is 5. The monoisotopic (exact) mass is 295 g/mol. The summed E-state index contributed by atoms with van der Waals surface area (Å²) >= 11 is 0. The summed E-state index contributed by atoms with van der Waals surface area (Å²) in [6.45, 7) is 6.96. The Morgan fingerprint density at radius 2 is 1.95 bits per heavy atom. The first-order chi connectivity index (χ1) is 10.2. The van der Waals surface area contributed by atoms with Crippen LogP contribution in [0, 0.1) is 0 Å². The van der Waals surface area contributed by atoms with E-state index in [1.807, 2.05) is 26.0 Å². The molecule has 5 nitrogen and oxygen atoms in total. The van der Waals surface area contributed by atoms with Crippen molar-refractivity contribution in [3.05, 3.63) is 23.8 Å². The van der Waals surface area contributed by atoms with E-state index in [0.717, 1.165) is 12.0 Å². The summed E-state index contributed by atoms with van der Waals surface area (Å²) in [5.41, 5.74) is 6.58. The Morgan fingerprint density at radius 1 is 1.19 bits per heavy atom. The number of esters is 1. The molecule has 5 heteroatoms. The number of carbonyl (C=O) groups excluding carboxylic acids is 1. The van der Waals surface area contributed by atoms with Crippen LogP contribution in [0.3, 0.4) is 0 Å². The van der Waals surface area contributed by atoms with Gasteiger partial charge in [0.05, 0.1) is 13.2 Å². The van der Waals surface area contributed by atoms with Gasteiger partial charge < -0.3 is 19.9 Å². The summed E-state index contributed by atoms with van der Waals surface area (Å²) in [5.74, 6) is 0.802. The summed E-state index contributed by atoms with van der Waals surface area (Å²) < 4.78 is 16.4. The molecule has 0 aromatic heterocycles. The van der Waals surface area contributed by atoms with Crippen molar-refractivity contribution in [2.75, 3.05) is 13.2 Å². The molecule has 0 heterocycles. The Labute approximate surface area is 126 Å². The zero-order chi connectivity index (χ0) is 15.7. The van der Waals surface area contributed by atoms with Gasteiger partial charge in [-0.05, 0) is 38.0 Å². The number of benzene rings is 1. The van der Waals surface area contributed by atoms with E-state index in [4.69, 9.17) is 19.9 Å². The Kier molecular flexibility index (Phi) is 7.61. The molecule has 1 atom stereocenters. The molecule has 0 bridgehead atoms. The van der Waals surface area contributed by atoms with Gasteiger partial charge in [-0.15, -0.1) is 0 Å². The Bertz CT molecular complexity index is 448. The molecule has 2 N–H and O–H groups in total. The Morgan fingerprint density at radius 3 is 2.52 bits per heavy atom. The molecule has 0 saturated heterocycles. The maximum Gasteiger partial charge on any atom is 0.347 e. The second kappa shape index (κ2) is 9.23. The lowest BCUT2D eigenvalue weighted by Crippen LogP contribution is -2.29. The SMILES string of the molecule is CCCC(Oc1ccc(CN)cc1OCC)C(=O)OCC. The van der Waals surface area contributed by atoms with Crippen molar-refractivity contribution < 1.29 is 19.0 Å². The molecule has 1 aromatic rings. The third-order valence-corrected chi connectivity index (χ3v) is 2.91. The summed E-state index contributed by atoms with van der Waals surface area (Å²) in [6, 6.07) is 5.49. The average Bonchev–Trinajstić information content (AvgIpc) is 2.48. The second-order valence-corrected chi connectivity index (χ2v) is 4.57. The van der Waals surface area contributed by atoms with Crippen molar-refractivity contribution in [1.82, 2.24) is 0 Å². The van der Waals surface area contributed by atoms with E-state index >= 15 is 0 Å². The number of rotatable bonds is 9. The van der Waals surface area contributed by atoms with E-state index < -0.39 is 6.10 Å². The number of carbonyl (C=O) groups is 1. The predicted molar refractivity (Wildman–Crippen MR) is 81.5 cm³/mol. The zero-order valence-electron chi connectivity index (χ0n) is 13.1. The molecular formula is C16H25NO4. The van der Waals surface area contributed by atoms with E-state index in [0.29, 0.717) is 37.7 Å². The Hall–Kier alpha value is -1.75. The molecule has 21 heavy (non-hydrogen) atoms. The van der Waals surface area contributed by atoms with Gasteiger partial charge in [0.25, 0.3) is 0 Å². The molecule has 118 valence electrons. The van der Waals surface area contributed by atoms with Gasteiger partial charge in [0.15, 0.2) is 17.6 Å². The molecule has 0 aliphatic rings. The number of hydrogen-bond donors (Lipinski definition) is 1. The summed E-state index contributed by atoms with van der Waals surface area (Å²) in [4.78, 5) is 11.9. The van der Waals surface area contributed by atoms with Crippen LogP contribution in [0.1, 0.15) is 39.2 Å². The van der Waals surface area contributed by atoms with Crippen LogP contribution in [-0.2, 0) is 16.1 Å². The minimum absolute atomic E-state index is 0.340. The lowest BCUT2D eigenvalue weighted by atomic mass is 10.2. The highest BCUT2D eigenvalue weighted by molar-refractivity contribution is 5.75. The number of ether oxygens (including phenoxy) is 3. The normalized spacial score (nSPS) is 11.8. The van der Waals surface area contributed by atoms with Gasteiger partial charge in [0.2, 0.25) is 0 Å². The van der Waals surface area contributed by atoms with Gasteiger partial charge in [-0.1, -0.05) is 19.4 Å². The van der Waals surface area contributed by atoms with Crippen molar-refractivity contribution in [2.45, 2.75) is 46.3 Å². The van der Waals surface area contributed by atoms with Crippen LogP contribution >= 0.6 is 0 Å². The minimum Gasteiger partial charge on any atom is -0.490 e. The minimum atomic E-state index is -0.613. The van der Waals surface area contributed by atoms with Crippen molar-refractivity contribution in [3.63, 3.8) is 0 Å². The molecular weight excluding hydrogens is 270 g/mol. The fourth-order valence-corrected chi connectivity index (χ4v) is 1.92. The molecule has 0 aliphatic carbocycles. The maximum atomic E-state index is 11.9. The van der Waals surface area contributed by atoms with Gasteiger partial charge in [0.1, 0.15) is 0 Å². The summed E-state index contributed by atoms with van der Waals surface area (Å²) in [6.07, 6.45) is 0.815. The van der Waals surface area contributed by atoms with Crippen LogP contribution < -0.4 is 15.2 Å². The summed E-state index contributed by atoms with van der Waals surface area (Å²) in [5, 5.41) is 0. The van der Waals surface area contributed by atoms with E-state index in [9.17, 15) is 4.79 Å². The van der Waals surface area contributed by atoms with Crippen LogP contribution in [0.15, 0.2) is 18.2 Å². The highest BCUT2D eigenvalue weighted by Crippen LogP contribution is 2.30. The van der Waals surface area contributed by atoms with Crippen molar-refractivity contribution in [3.8, 4) is 11.5 Å². The molecule has 0 saturated carbocycles. The standard InChI is InChI=1S/C16H25NO4/c1-4-7-14(16(18)20-6-3)21-13-9-8-12(11-17)10-15(13)19-5-2/h8-10,14H,4-7,11,17H2,1-3H3. The predicted octanol–water partition coefficient (Wildman–Crippen LogP) is 2.65. The first-order valence-corrected chi connectivity index (χ1v) is 7.45. The van der Waals surface area contributed by atoms with E-state index in [2.05, 4.69) is 0 Å². The fourth-order valence-electron chi connectivity index (χ4n) is 1.92. The lowest BCUT2D eigenvalue weighted by Gasteiger charge is -2.19. The van der Waals surface area contributed by atoms with Gasteiger partial charge in [-0.25, -0.2) is 4.79 Å². The molecule has 0 aliphatic heterocycles. The first kappa shape index (κ1) is 17.3. The van der Waals surface area contributed by atoms with Crippen molar-refractivity contribution in [2.24, 2.45) is 5.73 Å². The fraction of sp³-hybridized carbons (Fsp3) is 0.562. The van der Waals surface area contributed by atoms with Gasteiger partial charge in [-0.2, -0.15) is 0 Å². The average molecular weight is 295 g/mol. The molecule has 1 aromatic carbocycles. The van der Waals surface area contributed by atoms with Crippen LogP contribution in [-0.4, -0.2) is 25.3 Å². The summed E-state index contributed by atoms with van der Waals surface area (Å²) in [7, 11) is 0. The molecule has 0 radical (unpaired) electrons. The van der Waals surface area contributed by atoms with Crippen LogP contribution in [0.5, 0.6) is 11.5 Å². The zero-order valence-corrected chi connectivity index (χ0v) is 13.1. The highest BCUT2D eigenvalue weighted by Gasteiger charge is 2.22. The molecule has 0 amide bonds. The van der Waals surface area contributed by atoms with Gasteiger partial charge in [-0.3, -0.25) is 0 Å². The third kappa shape index (κ3) is 5.27. The molecule has 1 rings (SSSR count). The van der Waals surface area contributed by atoms with E-state index in [1.165, 1.54) is 0 Å². The molecule has 0 fully saturated rings. The lowest BCUT2D eigenvalue weighted by molar-refractivity contribution is -0.151.